The highest BCUT2D eigenvalue weighted by Gasteiger charge is 2.27. The predicted octanol–water partition coefficient (Wildman–Crippen LogP) is 3.31. The van der Waals surface area contributed by atoms with Gasteiger partial charge in [0.1, 0.15) is 10.7 Å². The van der Waals surface area contributed by atoms with Gasteiger partial charge in [0.15, 0.2) is 0 Å². The van der Waals surface area contributed by atoms with Gasteiger partial charge in [-0.3, -0.25) is 0 Å². The van der Waals surface area contributed by atoms with Gasteiger partial charge in [-0.1, -0.05) is 37.8 Å². The summed E-state index contributed by atoms with van der Waals surface area (Å²) in [5.41, 5.74) is 5.21. The lowest BCUT2D eigenvalue weighted by Gasteiger charge is -2.29. The molecule has 0 saturated heterocycles. The number of nitrogens with one attached hydrogen (secondary N) is 1. The average molecular weight is 335 g/mol. The normalized spacial score (nSPS) is 23.2. The molecule has 1 saturated carbocycles. The molecule has 1 aromatic carbocycles. The van der Waals surface area contributed by atoms with Crippen molar-refractivity contribution in [3.05, 3.63) is 23.0 Å². The molecule has 0 spiro atoms. The zero-order valence-corrected chi connectivity index (χ0v) is 13.5. The maximum Gasteiger partial charge on any atom is 0.242 e. The maximum atomic E-state index is 13.3. The summed E-state index contributed by atoms with van der Waals surface area (Å²) in [6.07, 6.45) is 4.82. The molecule has 2 atom stereocenters. The Morgan fingerprint density at radius 1 is 1.43 bits per heavy atom. The van der Waals surface area contributed by atoms with E-state index in [0.717, 1.165) is 44.2 Å². The van der Waals surface area contributed by atoms with Gasteiger partial charge < -0.3 is 5.73 Å². The molecule has 1 aromatic rings. The molecule has 0 bridgehead atoms. The molecule has 1 fully saturated rings. The predicted molar refractivity (Wildman–Crippen MR) is 82.2 cm³/mol. The van der Waals surface area contributed by atoms with E-state index in [2.05, 4.69) is 11.6 Å². The summed E-state index contributed by atoms with van der Waals surface area (Å²) in [6, 6.07) is 1.90. The smallest absolute Gasteiger partial charge is 0.242 e. The van der Waals surface area contributed by atoms with E-state index in [0.29, 0.717) is 5.92 Å². The van der Waals surface area contributed by atoms with Crippen molar-refractivity contribution >= 4 is 27.3 Å². The number of hydrogen-bond donors (Lipinski definition) is 2. The first kappa shape index (κ1) is 16.5. The van der Waals surface area contributed by atoms with Crippen LogP contribution in [0.1, 0.15) is 39.0 Å². The molecule has 3 N–H and O–H groups in total. The summed E-state index contributed by atoms with van der Waals surface area (Å²) < 4.78 is 40.8. The molecule has 0 radical (unpaired) electrons. The van der Waals surface area contributed by atoms with Crippen LogP contribution in [0, 0.1) is 11.7 Å². The maximum absolute atomic E-state index is 13.3. The van der Waals surface area contributed by atoms with Gasteiger partial charge in [0.2, 0.25) is 10.0 Å². The Kier molecular flexibility index (Phi) is 5.11. The largest absolute Gasteiger partial charge is 0.396 e. The molecule has 0 aliphatic heterocycles. The molecule has 2 unspecified atom stereocenters. The Hall–Kier alpha value is -0.850. The molecule has 1 aliphatic carbocycles. The molecule has 118 valence electrons. The number of hydrogen-bond acceptors (Lipinski definition) is 3. The zero-order chi connectivity index (χ0) is 15.6. The lowest BCUT2D eigenvalue weighted by molar-refractivity contribution is 0.301. The fraction of sp³-hybridized carbons (Fsp3) is 0.571. The second-order valence-corrected chi connectivity index (χ2v) is 7.65. The summed E-state index contributed by atoms with van der Waals surface area (Å²) in [7, 11) is -3.79. The third kappa shape index (κ3) is 3.87. The van der Waals surface area contributed by atoms with Crippen molar-refractivity contribution in [1.29, 1.82) is 0 Å². The third-order valence-corrected chi connectivity index (χ3v) is 6.01. The van der Waals surface area contributed by atoms with Crippen LogP contribution in [0.25, 0.3) is 0 Å². The lowest BCUT2D eigenvalue weighted by Crippen LogP contribution is -2.38. The van der Waals surface area contributed by atoms with Gasteiger partial charge >= 0.3 is 0 Å². The molecule has 0 amide bonds. The summed E-state index contributed by atoms with van der Waals surface area (Å²) in [4.78, 5) is -0.165. The highest BCUT2D eigenvalue weighted by atomic mass is 35.5. The van der Waals surface area contributed by atoms with E-state index in [-0.39, 0.29) is 21.6 Å². The molecule has 21 heavy (non-hydrogen) atoms. The van der Waals surface area contributed by atoms with Crippen LogP contribution in [0.4, 0.5) is 10.1 Å². The van der Waals surface area contributed by atoms with E-state index in [1.54, 1.807) is 0 Å². The second kappa shape index (κ2) is 6.50. The van der Waals surface area contributed by atoms with Gasteiger partial charge in [0.05, 0.1) is 10.7 Å². The summed E-state index contributed by atoms with van der Waals surface area (Å²) in [5.74, 6) is -0.178. The van der Waals surface area contributed by atoms with Crippen LogP contribution in [-0.2, 0) is 10.0 Å². The lowest BCUT2D eigenvalue weighted by atomic mass is 9.85. The number of sulfonamides is 1. The van der Waals surface area contributed by atoms with Crippen molar-refractivity contribution in [3.8, 4) is 0 Å². The van der Waals surface area contributed by atoms with E-state index in [4.69, 9.17) is 17.3 Å². The van der Waals surface area contributed by atoms with Crippen LogP contribution < -0.4 is 10.5 Å². The number of benzene rings is 1. The monoisotopic (exact) mass is 334 g/mol. The van der Waals surface area contributed by atoms with Crippen molar-refractivity contribution in [2.45, 2.75) is 50.0 Å². The van der Waals surface area contributed by atoms with Gasteiger partial charge in [-0.2, -0.15) is 0 Å². The van der Waals surface area contributed by atoms with Crippen molar-refractivity contribution in [2.24, 2.45) is 5.92 Å². The molecular weight excluding hydrogens is 315 g/mol. The quantitative estimate of drug-likeness (QED) is 0.830. The topological polar surface area (TPSA) is 72.2 Å². The second-order valence-electron chi connectivity index (χ2n) is 5.56. The SMILES string of the molecule is CCC1CCCC(NS(=O)(=O)c2cc(N)c(F)cc2Cl)C1. The molecule has 0 heterocycles. The number of rotatable bonds is 4. The number of nitrogen functional groups attached to an aromatic ring is 1. The van der Waals surface area contributed by atoms with Gasteiger partial charge in [-0.05, 0) is 30.9 Å². The van der Waals surface area contributed by atoms with E-state index >= 15 is 0 Å². The van der Waals surface area contributed by atoms with Gasteiger partial charge in [-0.15, -0.1) is 0 Å². The van der Waals surface area contributed by atoms with Crippen molar-refractivity contribution in [1.82, 2.24) is 4.72 Å². The minimum atomic E-state index is -3.79. The van der Waals surface area contributed by atoms with Crippen LogP contribution in [0.15, 0.2) is 17.0 Å². The molecular formula is C14H20ClFN2O2S. The fourth-order valence-electron chi connectivity index (χ4n) is 2.80. The Morgan fingerprint density at radius 3 is 2.81 bits per heavy atom. The Morgan fingerprint density at radius 2 is 2.14 bits per heavy atom. The highest BCUT2D eigenvalue weighted by molar-refractivity contribution is 7.89. The molecule has 2 rings (SSSR count). The first-order valence-corrected chi connectivity index (χ1v) is 8.96. The Balaban J connectivity index is 2.20. The molecule has 4 nitrogen and oxygen atoms in total. The van der Waals surface area contributed by atoms with Gasteiger partial charge in [0.25, 0.3) is 0 Å². The minimum absolute atomic E-state index is 0.101. The summed E-state index contributed by atoms with van der Waals surface area (Å²) in [5, 5.41) is -0.156. The van der Waals surface area contributed by atoms with Gasteiger partial charge in [0, 0.05) is 6.04 Å². The Labute approximate surface area is 129 Å². The standard InChI is InChI=1S/C14H20ClFN2O2S/c1-2-9-4-3-5-10(6-9)18-21(19,20)14-8-13(17)12(16)7-11(14)15/h7-10,18H,2-6,17H2,1H3. The summed E-state index contributed by atoms with van der Waals surface area (Å²) >= 11 is 5.84. The van der Waals surface area contributed by atoms with Crippen molar-refractivity contribution < 1.29 is 12.8 Å². The van der Waals surface area contributed by atoms with Crippen molar-refractivity contribution in [3.63, 3.8) is 0 Å². The third-order valence-electron chi connectivity index (χ3n) is 4.02. The van der Waals surface area contributed by atoms with Crippen molar-refractivity contribution in [2.75, 3.05) is 5.73 Å². The number of halogens is 2. The summed E-state index contributed by atoms with van der Waals surface area (Å²) in [6.45, 7) is 2.11. The molecule has 0 aromatic heterocycles. The first-order valence-electron chi connectivity index (χ1n) is 7.10. The first-order chi connectivity index (χ1) is 9.83. The number of anilines is 1. The number of nitrogens with two attached hydrogens (primary N) is 1. The van der Waals surface area contributed by atoms with E-state index in [1.165, 1.54) is 0 Å². The molecule has 1 aliphatic rings. The Bertz CT molecular complexity index is 622. The fourth-order valence-corrected chi connectivity index (χ4v) is 4.64. The van der Waals surface area contributed by atoms with Gasteiger partial charge in [-0.25, -0.2) is 17.5 Å². The van der Waals surface area contributed by atoms with E-state index in [1.807, 2.05) is 0 Å². The van der Waals surface area contributed by atoms with Crippen LogP contribution in [0.3, 0.4) is 0 Å². The van der Waals surface area contributed by atoms with E-state index < -0.39 is 15.8 Å². The van der Waals surface area contributed by atoms with Crippen LogP contribution >= 0.6 is 11.6 Å². The van der Waals surface area contributed by atoms with Crippen LogP contribution in [0.5, 0.6) is 0 Å². The van der Waals surface area contributed by atoms with E-state index in [9.17, 15) is 12.8 Å². The van der Waals surface area contributed by atoms with Crippen LogP contribution in [-0.4, -0.2) is 14.5 Å². The zero-order valence-electron chi connectivity index (χ0n) is 11.9. The van der Waals surface area contributed by atoms with Crippen LogP contribution in [0.2, 0.25) is 5.02 Å². The average Bonchev–Trinajstić information content (AvgIpc) is 2.42. The molecule has 7 heteroatoms. The highest BCUT2D eigenvalue weighted by Crippen LogP contribution is 2.30. The minimum Gasteiger partial charge on any atom is -0.396 e.